The summed E-state index contributed by atoms with van der Waals surface area (Å²) in [5.74, 6) is -0.516. The number of hydrogen-bond donors (Lipinski definition) is 1. The Balaban J connectivity index is 3.35. The number of Topliss-reactive ketones (excluding diaryl/α,β-unsaturated/α-hetero) is 1. The first-order valence-electron chi connectivity index (χ1n) is 5.15. The van der Waals surface area contributed by atoms with Crippen LogP contribution in [0.5, 0.6) is 11.5 Å². The van der Waals surface area contributed by atoms with Gasteiger partial charge in [-0.3, -0.25) is 4.79 Å². The van der Waals surface area contributed by atoms with Crippen LogP contribution in [0.25, 0.3) is 0 Å². The molecule has 0 amide bonds. The SMILES string of the molecule is CNCC(=O)c1cc(F)c(OC)c(OC)c1C. The summed E-state index contributed by atoms with van der Waals surface area (Å²) in [5.41, 5.74) is 0.875. The fraction of sp³-hybridized carbons (Fsp3) is 0.417. The van der Waals surface area contributed by atoms with Crippen LogP contribution in [-0.2, 0) is 0 Å². The van der Waals surface area contributed by atoms with E-state index in [1.807, 2.05) is 0 Å². The summed E-state index contributed by atoms with van der Waals surface area (Å²) < 4.78 is 23.7. The van der Waals surface area contributed by atoms with Crippen molar-refractivity contribution in [2.75, 3.05) is 27.8 Å². The Labute approximate surface area is 99.7 Å². The first-order chi connectivity index (χ1) is 8.06. The van der Waals surface area contributed by atoms with Crippen LogP contribution in [0.1, 0.15) is 15.9 Å². The third-order valence-electron chi connectivity index (χ3n) is 2.48. The molecule has 1 rings (SSSR count). The number of hydrogen-bond acceptors (Lipinski definition) is 4. The molecule has 0 aromatic heterocycles. The third-order valence-corrected chi connectivity index (χ3v) is 2.48. The van der Waals surface area contributed by atoms with Crippen LogP contribution in [0.15, 0.2) is 6.07 Å². The van der Waals surface area contributed by atoms with Crippen molar-refractivity contribution in [3.05, 3.63) is 23.0 Å². The maximum atomic E-state index is 13.7. The quantitative estimate of drug-likeness (QED) is 0.795. The molecule has 4 nitrogen and oxygen atoms in total. The molecule has 1 aromatic carbocycles. The number of benzene rings is 1. The lowest BCUT2D eigenvalue weighted by atomic mass is 10.0. The Morgan fingerprint density at radius 1 is 1.35 bits per heavy atom. The van der Waals surface area contributed by atoms with E-state index in [-0.39, 0.29) is 23.8 Å². The fourth-order valence-electron chi connectivity index (χ4n) is 1.68. The van der Waals surface area contributed by atoms with E-state index < -0.39 is 5.82 Å². The molecule has 0 unspecified atom stereocenters. The van der Waals surface area contributed by atoms with Gasteiger partial charge in [-0.25, -0.2) is 4.39 Å². The molecular weight excluding hydrogens is 225 g/mol. The van der Waals surface area contributed by atoms with Crippen molar-refractivity contribution in [2.45, 2.75) is 6.92 Å². The zero-order valence-corrected chi connectivity index (χ0v) is 10.4. The lowest BCUT2D eigenvalue weighted by Crippen LogP contribution is -2.20. The number of carbonyl (C=O) groups excluding carboxylic acids is 1. The van der Waals surface area contributed by atoms with Gasteiger partial charge < -0.3 is 14.8 Å². The predicted octanol–water partition coefficient (Wildman–Crippen LogP) is 1.55. The minimum Gasteiger partial charge on any atom is -0.492 e. The van der Waals surface area contributed by atoms with E-state index in [9.17, 15) is 9.18 Å². The average Bonchev–Trinajstić information content (AvgIpc) is 2.31. The number of rotatable bonds is 5. The van der Waals surface area contributed by atoms with E-state index in [0.29, 0.717) is 11.1 Å². The van der Waals surface area contributed by atoms with Gasteiger partial charge in [0.15, 0.2) is 23.1 Å². The van der Waals surface area contributed by atoms with Gasteiger partial charge in [0.2, 0.25) is 0 Å². The molecule has 0 aliphatic carbocycles. The van der Waals surface area contributed by atoms with E-state index in [2.05, 4.69) is 5.32 Å². The van der Waals surface area contributed by atoms with Crippen LogP contribution >= 0.6 is 0 Å². The molecule has 5 heteroatoms. The van der Waals surface area contributed by atoms with Gasteiger partial charge in [-0.1, -0.05) is 0 Å². The third kappa shape index (κ3) is 2.55. The van der Waals surface area contributed by atoms with Gasteiger partial charge in [-0.2, -0.15) is 0 Å². The molecule has 0 fully saturated rings. The second-order valence-electron chi connectivity index (χ2n) is 3.55. The monoisotopic (exact) mass is 241 g/mol. The van der Waals surface area contributed by atoms with E-state index in [4.69, 9.17) is 9.47 Å². The van der Waals surface area contributed by atoms with Crippen molar-refractivity contribution in [1.82, 2.24) is 5.32 Å². The van der Waals surface area contributed by atoms with E-state index in [1.54, 1.807) is 14.0 Å². The standard InChI is InChI=1S/C12H16FNO3/c1-7-8(10(15)6-14-2)5-9(13)12(17-4)11(7)16-3/h5,14H,6H2,1-4H3. The molecule has 0 radical (unpaired) electrons. The molecule has 0 aliphatic rings. The van der Waals surface area contributed by atoms with Crippen molar-refractivity contribution >= 4 is 5.78 Å². The Bertz CT molecular complexity index is 432. The summed E-state index contributed by atoms with van der Waals surface area (Å²) in [5, 5.41) is 2.73. The fourth-order valence-corrected chi connectivity index (χ4v) is 1.68. The van der Waals surface area contributed by atoms with Crippen molar-refractivity contribution in [1.29, 1.82) is 0 Å². The summed E-state index contributed by atoms with van der Waals surface area (Å²) in [6.45, 7) is 1.85. The minimum absolute atomic E-state index is 0.0195. The van der Waals surface area contributed by atoms with Crippen LogP contribution in [0.3, 0.4) is 0 Å². The maximum Gasteiger partial charge on any atom is 0.197 e. The van der Waals surface area contributed by atoms with E-state index >= 15 is 0 Å². The minimum atomic E-state index is -0.602. The lowest BCUT2D eigenvalue weighted by molar-refractivity contribution is 0.0992. The largest absolute Gasteiger partial charge is 0.492 e. The van der Waals surface area contributed by atoms with Crippen LogP contribution in [0, 0.1) is 12.7 Å². The highest BCUT2D eigenvalue weighted by molar-refractivity contribution is 5.99. The normalized spacial score (nSPS) is 10.2. The summed E-state index contributed by atoms with van der Waals surface area (Å²) in [4.78, 5) is 11.8. The van der Waals surface area contributed by atoms with Crippen LogP contribution < -0.4 is 14.8 Å². The van der Waals surface area contributed by atoms with E-state index in [0.717, 1.165) is 0 Å². The summed E-state index contributed by atoms with van der Waals surface area (Å²) >= 11 is 0. The van der Waals surface area contributed by atoms with Gasteiger partial charge in [0.1, 0.15) is 0 Å². The second-order valence-corrected chi connectivity index (χ2v) is 3.55. The number of nitrogens with one attached hydrogen (secondary N) is 1. The van der Waals surface area contributed by atoms with Gasteiger partial charge in [-0.05, 0) is 20.0 Å². The number of methoxy groups -OCH3 is 2. The summed E-state index contributed by atoms with van der Waals surface area (Å²) in [7, 11) is 4.43. The molecule has 0 saturated carbocycles. The Morgan fingerprint density at radius 2 is 1.94 bits per heavy atom. The van der Waals surface area contributed by atoms with Gasteiger partial charge in [0.25, 0.3) is 0 Å². The molecule has 1 N–H and O–H groups in total. The maximum absolute atomic E-state index is 13.7. The Hall–Kier alpha value is -1.62. The van der Waals surface area contributed by atoms with Crippen molar-refractivity contribution in [2.24, 2.45) is 0 Å². The number of ether oxygens (including phenoxy) is 2. The van der Waals surface area contributed by atoms with Gasteiger partial charge in [-0.15, -0.1) is 0 Å². The number of carbonyl (C=O) groups is 1. The van der Waals surface area contributed by atoms with Gasteiger partial charge in [0.05, 0.1) is 20.8 Å². The zero-order valence-electron chi connectivity index (χ0n) is 10.4. The van der Waals surface area contributed by atoms with Crippen molar-refractivity contribution < 1.29 is 18.7 Å². The number of likely N-dealkylation sites (N-methyl/N-ethyl adjacent to an activating group) is 1. The molecule has 0 aliphatic heterocycles. The first-order valence-corrected chi connectivity index (χ1v) is 5.15. The highest BCUT2D eigenvalue weighted by Gasteiger charge is 2.20. The zero-order chi connectivity index (χ0) is 13.0. The molecule has 94 valence electrons. The highest BCUT2D eigenvalue weighted by Crippen LogP contribution is 2.35. The summed E-state index contributed by atoms with van der Waals surface area (Å²) in [6, 6.07) is 1.18. The Kier molecular flexibility index (Phi) is 4.45. The second kappa shape index (κ2) is 5.63. The predicted molar refractivity (Wildman–Crippen MR) is 62.5 cm³/mol. The molecular formula is C12H16FNO3. The molecule has 0 saturated heterocycles. The van der Waals surface area contributed by atoms with Crippen molar-refractivity contribution in [3.63, 3.8) is 0 Å². The average molecular weight is 241 g/mol. The van der Waals surface area contributed by atoms with E-state index in [1.165, 1.54) is 20.3 Å². The van der Waals surface area contributed by atoms with Gasteiger partial charge in [0, 0.05) is 11.1 Å². The molecule has 0 spiro atoms. The molecule has 1 aromatic rings. The molecule has 0 heterocycles. The van der Waals surface area contributed by atoms with Gasteiger partial charge >= 0.3 is 0 Å². The van der Waals surface area contributed by atoms with Crippen molar-refractivity contribution in [3.8, 4) is 11.5 Å². The number of halogens is 1. The Morgan fingerprint density at radius 3 is 2.41 bits per heavy atom. The highest BCUT2D eigenvalue weighted by atomic mass is 19.1. The molecule has 0 bridgehead atoms. The van der Waals surface area contributed by atoms with Crippen LogP contribution in [0.4, 0.5) is 4.39 Å². The topological polar surface area (TPSA) is 47.6 Å². The van der Waals surface area contributed by atoms with Crippen LogP contribution in [-0.4, -0.2) is 33.6 Å². The molecule has 17 heavy (non-hydrogen) atoms. The first kappa shape index (κ1) is 13.4. The summed E-state index contributed by atoms with van der Waals surface area (Å²) in [6.07, 6.45) is 0. The number of ketones is 1. The smallest absolute Gasteiger partial charge is 0.197 e. The lowest BCUT2D eigenvalue weighted by Gasteiger charge is -2.14. The molecule has 0 atom stereocenters. The van der Waals surface area contributed by atoms with Crippen LogP contribution in [0.2, 0.25) is 0 Å².